The molecule has 45 heavy (non-hydrogen) atoms. The van der Waals surface area contributed by atoms with Gasteiger partial charge >= 0.3 is 0 Å². The van der Waals surface area contributed by atoms with Crippen LogP contribution in [0.4, 0.5) is 20.4 Å². The summed E-state index contributed by atoms with van der Waals surface area (Å²) in [6.07, 6.45) is 2.08. The van der Waals surface area contributed by atoms with Gasteiger partial charge in [0.2, 0.25) is 0 Å². The van der Waals surface area contributed by atoms with Crippen molar-refractivity contribution in [2.75, 3.05) is 50.0 Å². The molecule has 2 N–H and O–H groups in total. The van der Waals surface area contributed by atoms with E-state index in [9.17, 15) is 14.0 Å². The highest BCUT2D eigenvalue weighted by molar-refractivity contribution is 6.15. The van der Waals surface area contributed by atoms with Crippen LogP contribution in [0.1, 0.15) is 43.1 Å². The highest BCUT2D eigenvalue weighted by atomic mass is 19.1. The third kappa shape index (κ3) is 5.53. The summed E-state index contributed by atoms with van der Waals surface area (Å²) in [5, 5.41) is 0. The van der Waals surface area contributed by atoms with Crippen LogP contribution in [0.3, 0.4) is 0 Å². The first kappa shape index (κ1) is 28.7. The Kier molecular flexibility index (Phi) is 7.50. The summed E-state index contributed by atoms with van der Waals surface area (Å²) in [4.78, 5) is 47.7. The number of Topliss-reactive ketones (excluding diaryl/α,β-unsaturated/α-hetero) is 1. The van der Waals surface area contributed by atoms with E-state index in [0.717, 1.165) is 17.2 Å². The van der Waals surface area contributed by atoms with Crippen LogP contribution in [-0.2, 0) is 24.1 Å². The molecule has 0 atom stereocenters. The molecule has 1 saturated heterocycles. The van der Waals surface area contributed by atoms with Crippen LogP contribution in [0.2, 0.25) is 0 Å². The zero-order valence-corrected chi connectivity index (χ0v) is 24.3. The van der Waals surface area contributed by atoms with E-state index >= 15 is 4.39 Å². The quantitative estimate of drug-likeness (QED) is 0.363. The van der Waals surface area contributed by atoms with Crippen LogP contribution in [0.5, 0.6) is 0 Å². The molecule has 0 unspecified atom stereocenters. The topological polar surface area (TPSA) is 127 Å². The Morgan fingerprint density at radius 1 is 0.956 bits per heavy atom. The maximum Gasteiger partial charge on any atom is 0.257 e. The summed E-state index contributed by atoms with van der Waals surface area (Å²) < 4.78 is 35.7. The van der Waals surface area contributed by atoms with Crippen molar-refractivity contribution in [1.29, 1.82) is 0 Å². The van der Waals surface area contributed by atoms with Gasteiger partial charge in [-0.2, -0.15) is 0 Å². The van der Waals surface area contributed by atoms with Crippen LogP contribution >= 0.6 is 0 Å². The zero-order chi connectivity index (χ0) is 31.1. The number of aromatic nitrogens is 3. The molecule has 3 aliphatic rings. The second kappa shape index (κ2) is 11.8. The Balaban J connectivity index is 1.19. The second-order valence-electron chi connectivity index (χ2n) is 11.2. The number of nitrogens with zero attached hydrogens (tertiary/aromatic N) is 6. The molecule has 0 radical (unpaired) electrons. The van der Waals surface area contributed by atoms with E-state index in [1.54, 1.807) is 23.1 Å². The van der Waals surface area contributed by atoms with Crippen molar-refractivity contribution in [3.8, 4) is 11.4 Å². The van der Waals surface area contributed by atoms with Gasteiger partial charge in [0.25, 0.3) is 5.91 Å². The van der Waals surface area contributed by atoms with Crippen molar-refractivity contribution in [3.05, 3.63) is 99.9 Å². The molecule has 5 heterocycles. The highest BCUT2D eigenvalue weighted by Crippen LogP contribution is 2.32. The number of ether oxygens (including phenoxy) is 1. The SMILES string of the molecule is Nc1cc(F)c(-c2nc3c(c(N4CCOCC4)n2)CCN(C(=O)c2cc(CC4=NCC(=O)c5ccccc54)ccc2F)C3)cn1. The molecule has 12 heteroatoms. The van der Waals surface area contributed by atoms with E-state index in [1.165, 1.54) is 12.3 Å². The van der Waals surface area contributed by atoms with Crippen molar-refractivity contribution in [2.24, 2.45) is 4.99 Å². The lowest BCUT2D eigenvalue weighted by molar-refractivity contribution is 0.0726. The van der Waals surface area contributed by atoms with Crippen LogP contribution in [0, 0.1) is 11.6 Å². The van der Waals surface area contributed by atoms with Gasteiger partial charge in [-0.05, 0) is 24.1 Å². The van der Waals surface area contributed by atoms with E-state index in [-0.39, 0.29) is 41.6 Å². The number of rotatable bonds is 5. The van der Waals surface area contributed by atoms with E-state index in [1.807, 2.05) is 18.2 Å². The molecule has 1 fully saturated rings. The van der Waals surface area contributed by atoms with E-state index in [4.69, 9.17) is 15.5 Å². The number of hydrogen-bond acceptors (Lipinski definition) is 9. The fourth-order valence-electron chi connectivity index (χ4n) is 6.03. The number of benzene rings is 2. The summed E-state index contributed by atoms with van der Waals surface area (Å²) in [6, 6.07) is 12.9. The molecule has 0 saturated carbocycles. The third-order valence-electron chi connectivity index (χ3n) is 8.34. The Morgan fingerprint density at radius 3 is 2.56 bits per heavy atom. The lowest BCUT2D eigenvalue weighted by Gasteiger charge is -2.34. The van der Waals surface area contributed by atoms with E-state index in [0.29, 0.717) is 74.0 Å². The number of anilines is 2. The Morgan fingerprint density at radius 2 is 1.76 bits per heavy atom. The number of nitrogen functional groups attached to an aromatic ring is 1. The van der Waals surface area contributed by atoms with Crippen molar-refractivity contribution in [1.82, 2.24) is 19.9 Å². The number of carbonyl (C=O) groups is 2. The molecule has 228 valence electrons. The molecular weight excluding hydrogens is 580 g/mol. The number of aliphatic imine (C=N–C) groups is 1. The predicted molar refractivity (Wildman–Crippen MR) is 163 cm³/mol. The summed E-state index contributed by atoms with van der Waals surface area (Å²) in [6.45, 7) is 2.75. The molecule has 1 amide bonds. The molecule has 4 aromatic rings. The van der Waals surface area contributed by atoms with Crippen molar-refractivity contribution < 1.29 is 23.1 Å². The first-order valence-electron chi connectivity index (χ1n) is 14.7. The maximum absolute atomic E-state index is 15.2. The van der Waals surface area contributed by atoms with Gasteiger partial charge in [0.15, 0.2) is 11.6 Å². The molecule has 3 aliphatic heterocycles. The molecule has 2 aromatic carbocycles. The van der Waals surface area contributed by atoms with Gasteiger partial charge < -0.3 is 20.3 Å². The van der Waals surface area contributed by atoms with Gasteiger partial charge in [0.1, 0.15) is 29.8 Å². The summed E-state index contributed by atoms with van der Waals surface area (Å²) in [5.41, 5.74) is 9.90. The lowest BCUT2D eigenvalue weighted by atomic mass is 9.92. The minimum absolute atomic E-state index is 0.0388. The number of morpholine rings is 1. The molecule has 0 aliphatic carbocycles. The smallest absolute Gasteiger partial charge is 0.257 e. The van der Waals surface area contributed by atoms with Gasteiger partial charge in [-0.15, -0.1) is 0 Å². The van der Waals surface area contributed by atoms with Gasteiger partial charge in [0, 0.05) is 60.7 Å². The molecule has 10 nitrogen and oxygen atoms in total. The Bertz CT molecular complexity index is 1870. The zero-order valence-electron chi connectivity index (χ0n) is 24.3. The average molecular weight is 610 g/mol. The molecular formula is C33H29F2N7O3. The Labute approximate surface area is 257 Å². The second-order valence-corrected chi connectivity index (χ2v) is 11.2. The van der Waals surface area contributed by atoms with Gasteiger partial charge in [-0.3, -0.25) is 14.6 Å². The minimum Gasteiger partial charge on any atom is -0.384 e. The fourth-order valence-corrected chi connectivity index (χ4v) is 6.03. The van der Waals surface area contributed by atoms with Crippen LogP contribution in [-0.4, -0.2) is 76.6 Å². The number of fused-ring (bicyclic) bond motifs is 2. The van der Waals surface area contributed by atoms with E-state index < -0.39 is 17.5 Å². The fraction of sp³-hybridized carbons (Fsp3) is 0.273. The van der Waals surface area contributed by atoms with Gasteiger partial charge in [0.05, 0.1) is 36.6 Å². The summed E-state index contributed by atoms with van der Waals surface area (Å²) in [7, 11) is 0. The molecule has 0 spiro atoms. The summed E-state index contributed by atoms with van der Waals surface area (Å²) in [5.74, 6) is -0.924. The van der Waals surface area contributed by atoms with Gasteiger partial charge in [-0.1, -0.05) is 30.3 Å². The molecule has 0 bridgehead atoms. The van der Waals surface area contributed by atoms with Crippen LogP contribution in [0.15, 0.2) is 59.7 Å². The first-order valence-corrected chi connectivity index (χ1v) is 14.7. The third-order valence-corrected chi connectivity index (χ3v) is 8.34. The first-order chi connectivity index (χ1) is 21.9. The minimum atomic E-state index is -0.636. The number of ketones is 1. The van der Waals surface area contributed by atoms with Gasteiger partial charge in [-0.25, -0.2) is 23.7 Å². The van der Waals surface area contributed by atoms with Crippen LogP contribution in [0.25, 0.3) is 11.4 Å². The standard InChI is InChI=1S/C33H29F2N7O3/c34-25-6-5-19(14-27-20-3-1-2-4-21(20)29(43)17-37-27)13-23(25)33(44)42-8-7-22-28(18-42)39-31(24-16-38-30(36)15-26(24)35)40-32(22)41-9-11-45-12-10-41/h1-6,13,15-16H,7-12,14,17-18H2,(H2,36,38). The number of hydrogen-bond donors (Lipinski definition) is 1. The van der Waals surface area contributed by atoms with Crippen LogP contribution < -0.4 is 10.6 Å². The average Bonchev–Trinajstić information content (AvgIpc) is 3.06. The van der Waals surface area contributed by atoms with Crippen molar-refractivity contribution in [3.63, 3.8) is 0 Å². The summed E-state index contributed by atoms with van der Waals surface area (Å²) >= 11 is 0. The van der Waals surface area contributed by atoms with Crippen molar-refractivity contribution >= 4 is 29.0 Å². The lowest BCUT2D eigenvalue weighted by Crippen LogP contribution is -2.41. The normalized spacial score (nSPS) is 16.2. The monoisotopic (exact) mass is 609 g/mol. The maximum atomic E-state index is 15.2. The molecule has 2 aromatic heterocycles. The number of nitrogens with two attached hydrogens (primary N) is 1. The highest BCUT2D eigenvalue weighted by Gasteiger charge is 2.30. The van der Waals surface area contributed by atoms with E-state index in [2.05, 4.69) is 19.9 Å². The Hall–Kier alpha value is -5.10. The number of carbonyl (C=O) groups excluding carboxylic acids is 2. The number of amides is 1. The molecule has 7 rings (SSSR count). The largest absolute Gasteiger partial charge is 0.384 e. The van der Waals surface area contributed by atoms with Crippen molar-refractivity contribution in [2.45, 2.75) is 19.4 Å². The predicted octanol–water partition coefficient (Wildman–Crippen LogP) is 3.66. The number of pyridine rings is 1. The number of halogens is 2.